The molecule has 25 heavy (non-hydrogen) atoms. The lowest BCUT2D eigenvalue weighted by Gasteiger charge is -2.13. The minimum absolute atomic E-state index is 0.145. The SMILES string of the molecule is CN(CCCCCCCCC=CCCCCCCCC=O)CC(=O)O. The first kappa shape index (κ1) is 23.8. The van der Waals surface area contributed by atoms with Gasteiger partial charge in [0, 0.05) is 6.42 Å². The van der Waals surface area contributed by atoms with Gasteiger partial charge in [-0.05, 0) is 52.1 Å². The topological polar surface area (TPSA) is 57.6 Å². The van der Waals surface area contributed by atoms with E-state index in [1.54, 1.807) is 0 Å². The van der Waals surface area contributed by atoms with Crippen molar-refractivity contribution in [2.45, 2.75) is 89.9 Å². The van der Waals surface area contributed by atoms with Crippen LogP contribution >= 0.6 is 0 Å². The summed E-state index contributed by atoms with van der Waals surface area (Å²) in [6.07, 6.45) is 22.3. The molecule has 0 radical (unpaired) electrons. The normalized spacial score (nSPS) is 11.4. The van der Waals surface area contributed by atoms with Crippen LogP contribution in [0.3, 0.4) is 0 Å². The average molecular weight is 354 g/mol. The monoisotopic (exact) mass is 353 g/mol. The molecule has 1 N–H and O–H groups in total. The maximum absolute atomic E-state index is 10.5. The fourth-order valence-corrected chi connectivity index (χ4v) is 2.92. The molecule has 4 heteroatoms. The molecule has 0 aliphatic heterocycles. The molecule has 0 aromatic rings. The van der Waals surface area contributed by atoms with Crippen LogP contribution in [0.15, 0.2) is 12.2 Å². The van der Waals surface area contributed by atoms with E-state index in [2.05, 4.69) is 12.2 Å². The fourth-order valence-electron chi connectivity index (χ4n) is 2.92. The Morgan fingerprint density at radius 1 is 0.760 bits per heavy atom. The van der Waals surface area contributed by atoms with Crippen LogP contribution in [-0.2, 0) is 9.59 Å². The van der Waals surface area contributed by atoms with Crippen LogP contribution < -0.4 is 0 Å². The molecule has 0 aromatic heterocycles. The molecule has 0 saturated heterocycles. The number of carboxylic acids is 1. The van der Waals surface area contributed by atoms with Gasteiger partial charge in [0.25, 0.3) is 0 Å². The second-order valence-electron chi connectivity index (χ2n) is 7.02. The Bertz CT molecular complexity index is 342. The Labute approximate surface area is 154 Å². The van der Waals surface area contributed by atoms with E-state index in [1.807, 2.05) is 11.9 Å². The quantitative estimate of drug-likeness (QED) is 0.196. The summed E-state index contributed by atoms with van der Waals surface area (Å²) < 4.78 is 0. The number of allylic oxidation sites excluding steroid dienone is 2. The van der Waals surface area contributed by atoms with Crippen molar-refractivity contribution in [2.75, 3.05) is 20.1 Å². The molecule has 0 aliphatic carbocycles. The van der Waals surface area contributed by atoms with Gasteiger partial charge in [-0.15, -0.1) is 0 Å². The van der Waals surface area contributed by atoms with Gasteiger partial charge in [0.05, 0.1) is 6.54 Å². The van der Waals surface area contributed by atoms with Crippen LogP contribution in [-0.4, -0.2) is 42.4 Å². The van der Waals surface area contributed by atoms with Crippen molar-refractivity contribution in [3.63, 3.8) is 0 Å². The molecule has 0 heterocycles. The number of hydrogen-bond acceptors (Lipinski definition) is 3. The zero-order chi connectivity index (χ0) is 18.6. The number of unbranched alkanes of at least 4 members (excludes halogenated alkanes) is 12. The van der Waals surface area contributed by atoms with Crippen LogP contribution in [0.1, 0.15) is 89.9 Å². The first-order valence-electron chi connectivity index (χ1n) is 10.2. The third-order valence-electron chi connectivity index (χ3n) is 4.43. The number of aliphatic carboxylic acids is 1. The van der Waals surface area contributed by atoms with Gasteiger partial charge in [0.2, 0.25) is 0 Å². The second-order valence-corrected chi connectivity index (χ2v) is 7.02. The van der Waals surface area contributed by atoms with E-state index >= 15 is 0 Å². The van der Waals surface area contributed by atoms with E-state index in [1.165, 1.54) is 70.6 Å². The number of hydrogen-bond donors (Lipinski definition) is 1. The van der Waals surface area contributed by atoms with E-state index < -0.39 is 5.97 Å². The van der Waals surface area contributed by atoms with Crippen LogP contribution in [0.2, 0.25) is 0 Å². The van der Waals surface area contributed by atoms with Gasteiger partial charge in [-0.25, -0.2) is 0 Å². The Morgan fingerprint density at radius 2 is 1.20 bits per heavy atom. The number of likely N-dealkylation sites (N-methyl/N-ethyl adjacent to an activating group) is 1. The van der Waals surface area contributed by atoms with E-state index in [0.29, 0.717) is 0 Å². The van der Waals surface area contributed by atoms with Crippen molar-refractivity contribution in [3.05, 3.63) is 12.2 Å². The van der Waals surface area contributed by atoms with Crippen molar-refractivity contribution in [2.24, 2.45) is 0 Å². The summed E-state index contributed by atoms with van der Waals surface area (Å²) in [6.45, 7) is 1.03. The second kappa shape index (κ2) is 19.2. The largest absolute Gasteiger partial charge is 0.480 e. The molecule has 0 aromatic carbocycles. The number of nitrogens with zero attached hydrogens (tertiary/aromatic N) is 1. The summed E-state index contributed by atoms with van der Waals surface area (Å²) in [5.41, 5.74) is 0. The molecule has 0 bridgehead atoms. The van der Waals surface area contributed by atoms with Crippen molar-refractivity contribution in [1.82, 2.24) is 4.90 Å². The molecule has 0 spiro atoms. The van der Waals surface area contributed by atoms with Gasteiger partial charge in [0.15, 0.2) is 0 Å². The van der Waals surface area contributed by atoms with Gasteiger partial charge in [-0.3, -0.25) is 9.69 Å². The van der Waals surface area contributed by atoms with Crippen molar-refractivity contribution < 1.29 is 14.7 Å². The van der Waals surface area contributed by atoms with Gasteiger partial charge in [-0.1, -0.05) is 57.1 Å². The number of carbonyl (C=O) groups excluding carboxylic acids is 1. The molecule has 0 atom stereocenters. The molecule has 146 valence electrons. The summed E-state index contributed by atoms with van der Waals surface area (Å²) in [6, 6.07) is 0. The summed E-state index contributed by atoms with van der Waals surface area (Å²) in [5.74, 6) is -0.745. The maximum Gasteiger partial charge on any atom is 0.317 e. The van der Waals surface area contributed by atoms with Gasteiger partial charge < -0.3 is 9.90 Å². The number of aldehydes is 1. The van der Waals surface area contributed by atoms with E-state index in [-0.39, 0.29) is 6.54 Å². The highest BCUT2D eigenvalue weighted by molar-refractivity contribution is 5.68. The average Bonchev–Trinajstić information content (AvgIpc) is 2.57. The van der Waals surface area contributed by atoms with Gasteiger partial charge in [-0.2, -0.15) is 0 Å². The molecule has 0 rings (SSSR count). The zero-order valence-electron chi connectivity index (χ0n) is 16.3. The first-order valence-corrected chi connectivity index (χ1v) is 10.2. The smallest absolute Gasteiger partial charge is 0.317 e. The Hall–Kier alpha value is -1.16. The van der Waals surface area contributed by atoms with E-state index in [4.69, 9.17) is 5.11 Å². The highest BCUT2D eigenvalue weighted by atomic mass is 16.4. The zero-order valence-corrected chi connectivity index (χ0v) is 16.3. The predicted molar refractivity (Wildman–Crippen MR) is 105 cm³/mol. The molecular weight excluding hydrogens is 314 g/mol. The molecule has 0 saturated carbocycles. The third kappa shape index (κ3) is 20.8. The lowest BCUT2D eigenvalue weighted by molar-refractivity contribution is -0.138. The summed E-state index contributed by atoms with van der Waals surface area (Å²) in [4.78, 5) is 22.6. The van der Waals surface area contributed by atoms with Crippen LogP contribution in [0, 0.1) is 0 Å². The molecule has 0 amide bonds. The summed E-state index contributed by atoms with van der Waals surface area (Å²) >= 11 is 0. The Kier molecular flexibility index (Phi) is 18.3. The molecule has 0 unspecified atom stereocenters. The first-order chi connectivity index (χ1) is 12.2. The molecule has 4 nitrogen and oxygen atoms in total. The third-order valence-corrected chi connectivity index (χ3v) is 4.43. The number of rotatable bonds is 19. The van der Waals surface area contributed by atoms with Crippen LogP contribution in [0.5, 0.6) is 0 Å². The van der Waals surface area contributed by atoms with Crippen molar-refractivity contribution >= 4 is 12.3 Å². The lowest BCUT2D eigenvalue weighted by Crippen LogP contribution is -2.26. The van der Waals surface area contributed by atoms with Crippen molar-refractivity contribution in [3.8, 4) is 0 Å². The van der Waals surface area contributed by atoms with Gasteiger partial charge >= 0.3 is 5.97 Å². The minimum Gasteiger partial charge on any atom is -0.480 e. The Morgan fingerprint density at radius 3 is 1.68 bits per heavy atom. The number of carbonyl (C=O) groups is 2. The highest BCUT2D eigenvalue weighted by Crippen LogP contribution is 2.10. The predicted octanol–water partition coefficient (Wildman–Crippen LogP) is 5.22. The highest BCUT2D eigenvalue weighted by Gasteiger charge is 2.02. The van der Waals surface area contributed by atoms with E-state index in [9.17, 15) is 9.59 Å². The standard InChI is InChI=1S/C21H39NO3/c1-22(20-21(24)25)18-16-14-12-10-8-6-4-2-3-5-7-9-11-13-15-17-19-23/h2-3,19H,4-18,20H2,1H3,(H,24,25). The summed E-state index contributed by atoms with van der Waals surface area (Å²) in [7, 11) is 1.87. The fraction of sp³-hybridized carbons (Fsp3) is 0.810. The summed E-state index contributed by atoms with van der Waals surface area (Å²) in [5, 5.41) is 8.67. The van der Waals surface area contributed by atoms with Gasteiger partial charge in [0.1, 0.15) is 6.29 Å². The van der Waals surface area contributed by atoms with Crippen molar-refractivity contribution in [1.29, 1.82) is 0 Å². The lowest BCUT2D eigenvalue weighted by atomic mass is 10.1. The molecular formula is C21H39NO3. The Balaban J connectivity index is 3.17. The molecule has 0 aliphatic rings. The number of carboxylic acid groups (broad SMARTS) is 1. The minimum atomic E-state index is -0.745. The van der Waals surface area contributed by atoms with E-state index in [0.717, 1.165) is 32.1 Å². The molecule has 0 fully saturated rings. The van der Waals surface area contributed by atoms with Crippen LogP contribution in [0.4, 0.5) is 0 Å². The van der Waals surface area contributed by atoms with Crippen LogP contribution in [0.25, 0.3) is 0 Å². The maximum atomic E-state index is 10.5.